The normalized spacial score (nSPS) is 12.5. The summed E-state index contributed by atoms with van der Waals surface area (Å²) in [5, 5.41) is 5.58. The molecule has 0 aliphatic heterocycles. The van der Waals surface area contributed by atoms with Gasteiger partial charge in [-0.2, -0.15) is 0 Å². The molecule has 3 rings (SSSR count). The van der Waals surface area contributed by atoms with E-state index in [0.717, 1.165) is 16.5 Å². The Hall–Kier alpha value is -2.19. The molecule has 1 N–H and O–H groups in total. The van der Waals surface area contributed by atoms with E-state index < -0.39 is 0 Å². The molecular weight excluding hydrogens is 261 g/mol. The first-order valence-electron chi connectivity index (χ1n) is 7.11. The van der Waals surface area contributed by atoms with Crippen molar-refractivity contribution in [3.63, 3.8) is 0 Å². The van der Waals surface area contributed by atoms with E-state index in [0.29, 0.717) is 5.56 Å². The maximum absolute atomic E-state index is 14.3. The minimum absolute atomic E-state index is 0.156. The van der Waals surface area contributed by atoms with Crippen LogP contribution in [0, 0.1) is 12.7 Å². The molecule has 0 amide bonds. The second kappa shape index (κ2) is 5.66. The predicted molar refractivity (Wildman–Crippen MR) is 86.0 cm³/mol. The summed E-state index contributed by atoms with van der Waals surface area (Å²) < 4.78 is 14.3. The average molecular weight is 279 g/mol. The minimum Gasteiger partial charge on any atom is -0.309 e. The zero-order valence-electron chi connectivity index (χ0n) is 12.2. The zero-order chi connectivity index (χ0) is 14.8. The molecule has 0 fully saturated rings. The van der Waals surface area contributed by atoms with Crippen molar-refractivity contribution in [2.24, 2.45) is 0 Å². The molecule has 0 spiro atoms. The lowest BCUT2D eigenvalue weighted by atomic mass is 9.93. The number of aryl methyl sites for hydroxylation is 1. The van der Waals surface area contributed by atoms with Gasteiger partial charge in [-0.1, -0.05) is 60.2 Å². The summed E-state index contributed by atoms with van der Waals surface area (Å²) in [6, 6.07) is 19.5. The second-order valence-corrected chi connectivity index (χ2v) is 5.32. The van der Waals surface area contributed by atoms with Crippen molar-refractivity contribution in [1.29, 1.82) is 0 Å². The number of rotatable bonds is 3. The molecule has 2 heteroatoms. The van der Waals surface area contributed by atoms with Gasteiger partial charge in [-0.3, -0.25) is 0 Å². The number of hydrogen-bond donors (Lipinski definition) is 1. The maximum atomic E-state index is 14.3. The van der Waals surface area contributed by atoms with Crippen LogP contribution in [0.15, 0.2) is 60.7 Å². The molecule has 1 nitrogen and oxygen atoms in total. The van der Waals surface area contributed by atoms with Crippen LogP contribution < -0.4 is 5.32 Å². The highest BCUT2D eigenvalue weighted by atomic mass is 19.1. The van der Waals surface area contributed by atoms with E-state index in [9.17, 15) is 4.39 Å². The zero-order valence-corrected chi connectivity index (χ0v) is 12.2. The first-order valence-corrected chi connectivity index (χ1v) is 7.11. The lowest BCUT2D eigenvalue weighted by Crippen LogP contribution is -2.19. The molecule has 21 heavy (non-hydrogen) atoms. The van der Waals surface area contributed by atoms with Gasteiger partial charge < -0.3 is 5.32 Å². The first-order chi connectivity index (χ1) is 10.2. The molecule has 0 aromatic heterocycles. The Balaban J connectivity index is 2.21. The fourth-order valence-electron chi connectivity index (χ4n) is 2.87. The fourth-order valence-corrected chi connectivity index (χ4v) is 2.87. The smallest absolute Gasteiger partial charge is 0.128 e. The Morgan fingerprint density at radius 2 is 1.67 bits per heavy atom. The maximum Gasteiger partial charge on any atom is 0.128 e. The summed E-state index contributed by atoms with van der Waals surface area (Å²) in [6.45, 7) is 1.98. The SMILES string of the molecule is CNC(c1cc(C)ccc1F)c1cccc2ccccc12. The largest absolute Gasteiger partial charge is 0.309 e. The van der Waals surface area contributed by atoms with Crippen LogP contribution in [0.1, 0.15) is 22.7 Å². The molecular formula is C19H18FN. The van der Waals surface area contributed by atoms with Crippen LogP contribution in [0.4, 0.5) is 4.39 Å². The summed E-state index contributed by atoms with van der Waals surface area (Å²) >= 11 is 0. The molecule has 0 aliphatic carbocycles. The van der Waals surface area contributed by atoms with Crippen molar-refractivity contribution < 1.29 is 4.39 Å². The Kier molecular flexibility index (Phi) is 3.72. The summed E-state index contributed by atoms with van der Waals surface area (Å²) in [5.74, 6) is -0.173. The Morgan fingerprint density at radius 1 is 0.905 bits per heavy atom. The molecule has 0 heterocycles. The summed E-state index contributed by atoms with van der Waals surface area (Å²) in [4.78, 5) is 0. The van der Waals surface area contributed by atoms with Gasteiger partial charge >= 0.3 is 0 Å². The summed E-state index contributed by atoms with van der Waals surface area (Å²) in [6.07, 6.45) is 0. The number of halogens is 1. The first kappa shape index (κ1) is 13.8. The molecule has 3 aromatic rings. The van der Waals surface area contributed by atoms with E-state index in [4.69, 9.17) is 0 Å². The lowest BCUT2D eigenvalue weighted by Gasteiger charge is -2.20. The van der Waals surface area contributed by atoms with Crippen molar-refractivity contribution in [3.05, 3.63) is 83.2 Å². The van der Waals surface area contributed by atoms with Crippen LogP contribution in [0.3, 0.4) is 0 Å². The van der Waals surface area contributed by atoms with E-state index in [1.165, 1.54) is 5.39 Å². The number of benzene rings is 3. The highest BCUT2D eigenvalue weighted by Crippen LogP contribution is 2.30. The summed E-state index contributed by atoms with van der Waals surface area (Å²) in [5.41, 5.74) is 2.85. The fraction of sp³-hybridized carbons (Fsp3) is 0.158. The van der Waals surface area contributed by atoms with Crippen molar-refractivity contribution in [3.8, 4) is 0 Å². The monoisotopic (exact) mass is 279 g/mol. The molecule has 0 bridgehead atoms. The van der Waals surface area contributed by atoms with Crippen molar-refractivity contribution in [2.45, 2.75) is 13.0 Å². The Bertz CT molecular complexity index is 774. The quantitative estimate of drug-likeness (QED) is 0.739. The van der Waals surface area contributed by atoms with Crippen molar-refractivity contribution in [2.75, 3.05) is 7.05 Å². The van der Waals surface area contributed by atoms with Crippen LogP contribution in [0.5, 0.6) is 0 Å². The van der Waals surface area contributed by atoms with Gasteiger partial charge in [0.15, 0.2) is 0 Å². The number of fused-ring (bicyclic) bond motifs is 1. The standard InChI is InChI=1S/C19H18FN/c1-13-10-11-18(20)17(12-13)19(21-2)16-9-5-7-14-6-3-4-8-15(14)16/h3-12,19,21H,1-2H3. The van der Waals surface area contributed by atoms with Crippen LogP contribution in [0.2, 0.25) is 0 Å². The third-order valence-electron chi connectivity index (χ3n) is 3.89. The molecule has 3 aromatic carbocycles. The van der Waals surface area contributed by atoms with Gasteiger partial charge in [0, 0.05) is 5.56 Å². The molecule has 0 radical (unpaired) electrons. The second-order valence-electron chi connectivity index (χ2n) is 5.32. The van der Waals surface area contributed by atoms with E-state index in [2.05, 4.69) is 29.6 Å². The Labute approximate surface area is 124 Å². The van der Waals surface area contributed by atoms with E-state index in [1.807, 2.05) is 38.2 Å². The highest BCUT2D eigenvalue weighted by molar-refractivity contribution is 5.86. The van der Waals surface area contributed by atoms with Gasteiger partial charge in [-0.25, -0.2) is 4.39 Å². The highest BCUT2D eigenvalue weighted by Gasteiger charge is 2.18. The van der Waals surface area contributed by atoms with Gasteiger partial charge in [0.1, 0.15) is 5.82 Å². The van der Waals surface area contributed by atoms with Gasteiger partial charge in [0.2, 0.25) is 0 Å². The molecule has 1 unspecified atom stereocenters. The predicted octanol–water partition coefficient (Wildman–Crippen LogP) is 4.60. The lowest BCUT2D eigenvalue weighted by molar-refractivity contribution is 0.577. The minimum atomic E-state index is -0.173. The summed E-state index contributed by atoms with van der Waals surface area (Å²) in [7, 11) is 1.87. The molecule has 0 aliphatic rings. The van der Waals surface area contributed by atoms with Gasteiger partial charge in [-0.05, 0) is 36.4 Å². The topological polar surface area (TPSA) is 12.0 Å². The number of nitrogens with one attached hydrogen (secondary N) is 1. The molecule has 1 atom stereocenters. The van der Waals surface area contributed by atoms with E-state index in [1.54, 1.807) is 12.1 Å². The van der Waals surface area contributed by atoms with Gasteiger partial charge in [0.25, 0.3) is 0 Å². The molecule has 106 valence electrons. The van der Waals surface area contributed by atoms with Crippen LogP contribution in [-0.4, -0.2) is 7.05 Å². The van der Waals surface area contributed by atoms with Crippen LogP contribution >= 0.6 is 0 Å². The van der Waals surface area contributed by atoms with Crippen LogP contribution in [0.25, 0.3) is 10.8 Å². The van der Waals surface area contributed by atoms with Crippen LogP contribution in [-0.2, 0) is 0 Å². The van der Waals surface area contributed by atoms with Crippen molar-refractivity contribution in [1.82, 2.24) is 5.32 Å². The third kappa shape index (κ3) is 2.55. The Morgan fingerprint density at radius 3 is 2.48 bits per heavy atom. The van der Waals surface area contributed by atoms with E-state index >= 15 is 0 Å². The van der Waals surface area contributed by atoms with Gasteiger partial charge in [0.05, 0.1) is 6.04 Å². The van der Waals surface area contributed by atoms with Crippen molar-refractivity contribution >= 4 is 10.8 Å². The molecule has 0 saturated carbocycles. The number of hydrogen-bond acceptors (Lipinski definition) is 1. The third-order valence-corrected chi connectivity index (χ3v) is 3.89. The van der Waals surface area contributed by atoms with E-state index in [-0.39, 0.29) is 11.9 Å². The average Bonchev–Trinajstić information content (AvgIpc) is 2.51. The molecule has 0 saturated heterocycles. The van der Waals surface area contributed by atoms with Gasteiger partial charge in [-0.15, -0.1) is 0 Å².